The fourth-order valence-electron chi connectivity index (χ4n) is 4.61. The predicted molar refractivity (Wildman–Crippen MR) is 147 cm³/mol. The Balaban J connectivity index is 1.28. The number of halogens is 1. The van der Waals surface area contributed by atoms with Gasteiger partial charge in [-0.25, -0.2) is 33.8 Å². The fourth-order valence-corrected chi connectivity index (χ4v) is 4.61. The van der Waals surface area contributed by atoms with Crippen LogP contribution in [0.1, 0.15) is 24.7 Å². The molecule has 12 heteroatoms. The summed E-state index contributed by atoms with van der Waals surface area (Å²) < 4.78 is 23.0. The van der Waals surface area contributed by atoms with Crippen LogP contribution in [0, 0.1) is 12.7 Å². The molecule has 1 aromatic carbocycles. The van der Waals surface area contributed by atoms with E-state index in [-0.39, 0.29) is 17.6 Å². The minimum Gasteiger partial charge on any atom is -0.457 e. The van der Waals surface area contributed by atoms with Crippen LogP contribution in [0.15, 0.2) is 68.0 Å². The van der Waals surface area contributed by atoms with Crippen LogP contribution in [0.5, 0.6) is 11.5 Å². The number of amides is 1. The number of fused-ring (bicyclic) bond motifs is 2. The molecule has 1 amide bonds. The summed E-state index contributed by atoms with van der Waals surface area (Å²) in [6.45, 7) is 7.68. The molecule has 1 atom stereocenters. The van der Waals surface area contributed by atoms with Gasteiger partial charge in [-0.3, -0.25) is 4.79 Å². The van der Waals surface area contributed by atoms with Gasteiger partial charge in [0.2, 0.25) is 5.91 Å². The third kappa shape index (κ3) is 4.59. The number of hydrogen-bond donors (Lipinski definition) is 1. The molecular formula is C28H24FN9O2. The Morgan fingerprint density at radius 1 is 1.20 bits per heavy atom. The van der Waals surface area contributed by atoms with Crippen molar-refractivity contribution in [2.75, 3.05) is 11.9 Å². The number of carbonyl (C=O) groups excluding carboxylic acids is 1. The number of aromatic nitrogens is 7. The number of nitrogens with one attached hydrogen (secondary N) is 1. The Bertz CT molecular complexity index is 1820. The van der Waals surface area contributed by atoms with E-state index in [1.165, 1.54) is 18.7 Å². The Labute approximate surface area is 228 Å². The first-order valence-electron chi connectivity index (χ1n) is 12.6. The molecule has 1 N–H and O–H groups in total. The van der Waals surface area contributed by atoms with Gasteiger partial charge in [-0.15, -0.1) is 0 Å². The number of anilines is 2. The Hall–Kier alpha value is -5.26. The lowest BCUT2D eigenvalue weighted by molar-refractivity contribution is -0.127. The number of hydrogen-bond acceptors (Lipinski definition) is 9. The summed E-state index contributed by atoms with van der Waals surface area (Å²) in [5.74, 6) is 1.12. The molecule has 0 saturated heterocycles. The van der Waals surface area contributed by atoms with Crippen LogP contribution in [-0.4, -0.2) is 57.9 Å². The highest BCUT2D eigenvalue weighted by Crippen LogP contribution is 2.33. The van der Waals surface area contributed by atoms with Gasteiger partial charge in [-0.2, -0.15) is 5.10 Å². The molecule has 0 radical (unpaired) electrons. The Kier molecular flexibility index (Phi) is 6.34. The van der Waals surface area contributed by atoms with Crippen LogP contribution >= 0.6 is 0 Å². The third-order valence-electron chi connectivity index (χ3n) is 6.75. The molecule has 200 valence electrons. The second kappa shape index (κ2) is 10.1. The van der Waals surface area contributed by atoms with E-state index in [1.807, 2.05) is 13.0 Å². The minimum atomic E-state index is -0.488. The quantitative estimate of drug-likeness (QED) is 0.309. The van der Waals surface area contributed by atoms with Crippen molar-refractivity contribution >= 4 is 39.7 Å². The molecule has 40 heavy (non-hydrogen) atoms. The zero-order valence-electron chi connectivity index (χ0n) is 21.7. The molecule has 0 saturated carbocycles. The number of pyridine rings is 1. The number of benzene rings is 1. The van der Waals surface area contributed by atoms with Gasteiger partial charge in [0.25, 0.3) is 0 Å². The van der Waals surface area contributed by atoms with Crippen LogP contribution in [0.4, 0.5) is 15.9 Å². The van der Waals surface area contributed by atoms with Crippen LogP contribution in [0.25, 0.3) is 22.3 Å². The van der Waals surface area contributed by atoms with Gasteiger partial charge in [-0.05, 0) is 50.1 Å². The van der Waals surface area contributed by atoms with Gasteiger partial charge < -0.3 is 15.0 Å². The second-order valence-electron chi connectivity index (χ2n) is 9.27. The minimum absolute atomic E-state index is 0.118. The molecule has 1 aliphatic rings. The van der Waals surface area contributed by atoms with Gasteiger partial charge in [0.1, 0.15) is 35.2 Å². The number of ether oxygens (including phenoxy) is 1. The van der Waals surface area contributed by atoms with E-state index in [9.17, 15) is 4.79 Å². The van der Waals surface area contributed by atoms with E-state index < -0.39 is 5.82 Å². The zero-order valence-corrected chi connectivity index (χ0v) is 21.7. The topological polar surface area (TPSA) is 123 Å². The van der Waals surface area contributed by atoms with E-state index in [0.717, 1.165) is 5.57 Å². The predicted octanol–water partition coefficient (Wildman–Crippen LogP) is 4.64. The number of carbonyl (C=O) groups is 1. The zero-order chi connectivity index (χ0) is 27.8. The standard InChI is InChI=1S/C28H24FN9O2/c1-4-24(39)37-9-7-18(11-16(37)2)27-30-13-21-26(36-27)28(33-14-31-21)35-20-5-6-22(17(3)25(20)29)40-19-8-10-38-23(12-19)32-15-34-38/h4-6,8,10-16H,1,7,9H2,2-3H3,(H,31,33,35)/t16-/m0/s1. The van der Waals surface area contributed by atoms with E-state index in [4.69, 9.17) is 9.72 Å². The molecule has 4 aromatic heterocycles. The monoisotopic (exact) mass is 537 g/mol. The maximum atomic E-state index is 15.5. The van der Waals surface area contributed by atoms with Crippen molar-refractivity contribution in [1.29, 1.82) is 0 Å². The molecule has 1 aliphatic heterocycles. The molecule has 5 aromatic rings. The highest BCUT2D eigenvalue weighted by Gasteiger charge is 2.24. The average molecular weight is 538 g/mol. The highest BCUT2D eigenvalue weighted by atomic mass is 19.1. The molecule has 11 nitrogen and oxygen atoms in total. The lowest BCUT2D eigenvalue weighted by Gasteiger charge is -2.31. The van der Waals surface area contributed by atoms with E-state index in [1.54, 1.807) is 53.0 Å². The molecule has 0 spiro atoms. The van der Waals surface area contributed by atoms with Crippen molar-refractivity contribution < 1.29 is 13.9 Å². The SMILES string of the molecule is C=CC(=O)N1CCC(c2ncc3ncnc(Nc4ccc(Oc5ccn6ncnc6c5)c(C)c4F)c3n2)=C[C@@H]1C. The van der Waals surface area contributed by atoms with Gasteiger partial charge in [0.15, 0.2) is 23.1 Å². The van der Waals surface area contributed by atoms with Crippen LogP contribution in [-0.2, 0) is 4.79 Å². The van der Waals surface area contributed by atoms with E-state index in [2.05, 4.69) is 36.9 Å². The molecular weight excluding hydrogens is 513 g/mol. The summed E-state index contributed by atoms with van der Waals surface area (Å²) in [5, 5.41) is 7.12. The maximum Gasteiger partial charge on any atom is 0.246 e. The maximum absolute atomic E-state index is 15.5. The van der Waals surface area contributed by atoms with Crippen molar-refractivity contribution in [3.8, 4) is 11.5 Å². The Morgan fingerprint density at radius 2 is 2.08 bits per heavy atom. The van der Waals surface area contributed by atoms with Gasteiger partial charge in [-0.1, -0.05) is 12.7 Å². The number of nitrogens with zero attached hydrogens (tertiary/aromatic N) is 8. The molecule has 0 aliphatic carbocycles. The van der Waals surface area contributed by atoms with Gasteiger partial charge >= 0.3 is 0 Å². The van der Waals surface area contributed by atoms with Gasteiger partial charge in [0, 0.05) is 30.4 Å². The largest absolute Gasteiger partial charge is 0.457 e. The van der Waals surface area contributed by atoms with E-state index >= 15 is 4.39 Å². The van der Waals surface area contributed by atoms with E-state index in [0.29, 0.717) is 58.4 Å². The summed E-state index contributed by atoms with van der Waals surface area (Å²) in [7, 11) is 0. The second-order valence-corrected chi connectivity index (χ2v) is 9.27. The summed E-state index contributed by atoms with van der Waals surface area (Å²) in [5.41, 5.74) is 3.01. The summed E-state index contributed by atoms with van der Waals surface area (Å²) in [6, 6.07) is 6.59. The van der Waals surface area contributed by atoms with Crippen molar-refractivity contribution in [2.24, 2.45) is 0 Å². The summed E-state index contributed by atoms with van der Waals surface area (Å²) in [6.07, 6.45) is 10.0. The summed E-state index contributed by atoms with van der Waals surface area (Å²) in [4.78, 5) is 35.8. The van der Waals surface area contributed by atoms with Gasteiger partial charge in [0.05, 0.1) is 11.9 Å². The van der Waals surface area contributed by atoms with Crippen LogP contribution in [0.3, 0.4) is 0 Å². The number of rotatable bonds is 6. The lowest BCUT2D eigenvalue weighted by Crippen LogP contribution is -2.39. The van der Waals surface area contributed by atoms with Crippen LogP contribution < -0.4 is 10.1 Å². The molecule has 5 heterocycles. The summed E-state index contributed by atoms with van der Waals surface area (Å²) >= 11 is 0. The first-order valence-corrected chi connectivity index (χ1v) is 12.6. The Morgan fingerprint density at radius 3 is 2.90 bits per heavy atom. The van der Waals surface area contributed by atoms with Crippen molar-refractivity contribution in [3.05, 3.63) is 85.2 Å². The van der Waals surface area contributed by atoms with Crippen molar-refractivity contribution in [1.82, 2.24) is 39.4 Å². The molecule has 0 unspecified atom stereocenters. The average Bonchev–Trinajstić information content (AvgIpc) is 3.44. The first kappa shape index (κ1) is 25.0. The van der Waals surface area contributed by atoms with Crippen molar-refractivity contribution in [2.45, 2.75) is 26.3 Å². The fraction of sp³-hybridized carbons (Fsp3) is 0.179. The molecule has 6 rings (SSSR count). The van der Waals surface area contributed by atoms with Crippen molar-refractivity contribution in [3.63, 3.8) is 0 Å². The van der Waals surface area contributed by atoms with Crippen LogP contribution in [0.2, 0.25) is 0 Å². The molecule has 0 bridgehead atoms. The normalized spacial score (nSPS) is 15.2. The smallest absolute Gasteiger partial charge is 0.246 e. The molecule has 0 fully saturated rings. The first-order chi connectivity index (χ1) is 19.4. The lowest BCUT2D eigenvalue weighted by atomic mass is 10.0. The third-order valence-corrected chi connectivity index (χ3v) is 6.75. The highest BCUT2D eigenvalue weighted by molar-refractivity contribution is 5.89.